The van der Waals surface area contributed by atoms with Gasteiger partial charge in [0.1, 0.15) is 12.1 Å². The molecule has 0 aliphatic carbocycles. The third kappa shape index (κ3) is 3.43. The number of para-hydroxylation sites is 2. The summed E-state index contributed by atoms with van der Waals surface area (Å²) >= 11 is 0. The van der Waals surface area contributed by atoms with Crippen LogP contribution in [0.2, 0.25) is 0 Å². The van der Waals surface area contributed by atoms with Gasteiger partial charge in [-0.1, -0.05) is 12.1 Å². The predicted octanol–water partition coefficient (Wildman–Crippen LogP) is 2.31. The number of methoxy groups -OCH3 is 1. The molecule has 8 nitrogen and oxygen atoms in total. The number of amides is 2. The van der Waals surface area contributed by atoms with E-state index in [9.17, 15) is 4.79 Å². The molecule has 23 heavy (non-hydrogen) atoms. The third-order valence-corrected chi connectivity index (χ3v) is 2.99. The molecule has 3 rings (SSSR count). The fraction of sp³-hybridized carbons (Fsp3) is 0.0667. The lowest BCUT2D eigenvalue weighted by Gasteiger charge is -2.10. The molecule has 116 valence electrons. The first-order chi connectivity index (χ1) is 11.3. The Morgan fingerprint density at radius 1 is 1.17 bits per heavy atom. The maximum absolute atomic E-state index is 12.0. The predicted molar refractivity (Wildman–Crippen MR) is 84.8 cm³/mol. The van der Waals surface area contributed by atoms with Gasteiger partial charge in [-0.3, -0.25) is 4.57 Å². The molecule has 0 fully saturated rings. The van der Waals surface area contributed by atoms with Crippen molar-refractivity contribution in [2.75, 3.05) is 17.7 Å². The summed E-state index contributed by atoms with van der Waals surface area (Å²) in [6.07, 6.45) is 8.00. The lowest BCUT2D eigenvalue weighted by molar-refractivity contribution is 0.262. The number of nitrogens with zero attached hydrogens (tertiary/aromatic N) is 4. The molecule has 0 radical (unpaired) electrons. The molecule has 8 heteroatoms. The molecular weight excluding hydrogens is 296 g/mol. The Balaban J connectivity index is 1.66. The lowest BCUT2D eigenvalue weighted by atomic mass is 10.3. The van der Waals surface area contributed by atoms with E-state index in [4.69, 9.17) is 4.74 Å². The molecule has 0 saturated heterocycles. The van der Waals surface area contributed by atoms with Crippen molar-refractivity contribution in [3.8, 4) is 11.7 Å². The van der Waals surface area contributed by atoms with Crippen molar-refractivity contribution in [2.45, 2.75) is 0 Å². The van der Waals surface area contributed by atoms with Crippen LogP contribution < -0.4 is 15.4 Å². The molecule has 3 aromatic rings. The van der Waals surface area contributed by atoms with Crippen LogP contribution in [0, 0.1) is 0 Å². The van der Waals surface area contributed by atoms with Gasteiger partial charge in [-0.25, -0.2) is 19.7 Å². The minimum atomic E-state index is -0.409. The van der Waals surface area contributed by atoms with Crippen LogP contribution in [0.1, 0.15) is 0 Å². The van der Waals surface area contributed by atoms with Crippen LogP contribution in [0.4, 0.5) is 16.2 Å². The van der Waals surface area contributed by atoms with Crippen LogP contribution in [-0.4, -0.2) is 32.7 Å². The van der Waals surface area contributed by atoms with E-state index in [-0.39, 0.29) is 0 Å². The van der Waals surface area contributed by atoms with E-state index in [0.29, 0.717) is 23.1 Å². The van der Waals surface area contributed by atoms with Gasteiger partial charge in [0.05, 0.1) is 30.9 Å². The smallest absolute Gasteiger partial charge is 0.323 e. The Morgan fingerprint density at radius 3 is 2.65 bits per heavy atom. The zero-order chi connectivity index (χ0) is 16.1. The van der Waals surface area contributed by atoms with Gasteiger partial charge < -0.3 is 15.4 Å². The van der Waals surface area contributed by atoms with Gasteiger partial charge in [0.15, 0.2) is 0 Å². The van der Waals surface area contributed by atoms with Crippen molar-refractivity contribution >= 4 is 17.4 Å². The highest BCUT2D eigenvalue weighted by atomic mass is 16.5. The number of hydrogen-bond acceptors (Lipinski definition) is 5. The molecule has 0 saturated carbocycles. The summed E-state index contributed by atoms with van der Waals surface area (Å²) in [4.78, 5) is 24.3. The van der Waals surface area contributed by atoms with E-state index in [1.807, 2.05) is 6.07 Å². The summed E-state index contributed by atoms with van der Waals surface area (Å²) in [5.41, 5.74) is 1.05. The number of carbonyl (C=O) groups excluding carboxylic acids is 1. The molecule has 2 amide bonds. The third-order valence-electron chi connectivity index (χ3n) is 2.99. The SMILES string of the molecule is COc1ccccc1NC(=O)Nc1cnc(-n2ccnc2)nc1. The van der Waals surface area contributed by atoms with Crippen molar-refractivity contribution in [3.05, 3.63) is 55.4 Å². The molecule has 0 unspecified atom stereocenters. The van der Waals surface area contributed by atoms with Gasteiger partial charge in [0.25, 0.3) is 0 Å². The van der Waals surface area contributed by atoms with E-state index in [0.717, 1.165) is 0 Å². The first-order valence-electron chi connectivity index (χ1n) is 6.77. The highest BCUT2D eigenvalue weighted by molar-refractivity contribution is 6.00. The Bertz CT molecular complexity index is 786. The molecule has 2 N–H and O–H groups in total. The van der Waals surface area contributed by atoms with E-state index in [2.05, 4.69) is 25.6 Å². The monoisotopic (exact) mass is 310 g/mol. The number of benzene rings is 1. The van der Waals surface area contributed by atoms with Crippen LogP contribution >= 0.6 is 0 Å². The molecule has 0 spiro atoms. The number of ether oxygens (including phenoxy) is 1. The number of anilines is 2. The van der Waals surface area contributed by atoms with Crippen molar-refractivity contribution in [3.63, 3.8) is 0 Å². The molecular formula is C15H14N6O2. The number of aromatic nitrogens is 4. The Hall–Kier alpha value is -3.42. The normalized spacial score (nSPS) is 10.1. The zero-order valence-corrected chi connectivity index (χ0v) is 12.3. The molecule has 0 bridgehead atoms. The van der Waals surface area contributed by atoms with Crippen molar-refractivity contribution in [2.24, 2.45) is 0 Å². The van der Waals surface area contributed by atoms with Crippen LogP contribution in [0.3, 0.4) is 0 Å². The van der Waals surface area contributed by atoms with Crippen molar-refractivity contribution in [1.29, 1.82) is 0 Å². The highest BCUT2D eigenvalue weighted by Gasteiger charge is 2.07. The summed E-state index contributed by atoms with van der Waals surface area (Å²) in [6, 6.07) is 6.73. The lowest BCUT2D eigenvalue weighted by Crippen LogP contribution is -2.20. The van der Waals surface area contributed by atoms with Gasteiger partial charge in [-0.15, -0.1) is 0 Å². The second-order valence-electron chi connectivity index (χ2n) is 4.52. The van der Waals surface area contributed by atoms with Gasteiger partial charge >= 0.3 is 6.03 Å². The fourth-order valence-corrected chi connectivity index (χ4v) is 1.93. The van der Waals surface area contributed by atoms with E-state index >= 15 is 0 Å². The van der Waals surface area contributed by atoms with E-state index in [1.54, 1.807) is 48.6 Å². The minimum absolute atomic E-state index is 0.409. The second kappa shape index (κ2) is 6.56. The summed E-state index contributed by atoms with van der Waals surface area (Å²) in [5.74, 6) is 1.05. The molecule has 2 aromatic heterocycles. The zero-order valence-electron chi connectivity index (χ0n) is 12.3. The second-order valence-corrected chi connectivity index (χ2v) is 4.52. The van der Waals surface area contributed by atoms with Crippen LogP contribution in [0.5, 0.6) is 5.75 Å². The number of carbonyl (C=O) groups is 1. The number of nitrogens with one attached hydrogen (secondary N) is 2. The number of rotatable bonds is 4. The topological polar surface area (TPSA) is 94.0 Å². The van der Waals surface area contributed by atoms with Gasteiger partial charge in [-0.05, 0) is 12.1 Å². The summed E-state index contributed by atoms with van der Waals surface area (Å²) in [7, 11) is 1.54. The summed E-state index contributed by atoms with van der Waals surface area (Å²) in [5, 5.41) is 5.37. The van der Waals surface area contributed by atoms with Gasteiger partial charge in [-0.2, -0.15) is 0 Å². The molecule has 0 aliphatic rings. The standard InChI is InChI=1S/C15H14N6O2/c1-23-13-5-3-2-4-12(13)20-15(22)19-11-8-17-14(18-9-11)21-7-6-16-10-21/h2-10H,1H3,(H2,19,20,22). The first-order valence-corrected chi connectivity index (χ1v) is 6.77. The number of imidazole rings is 1. The molecule has 2 heterocycles. The molecule has 0 aliphatic heterocycles. The average molecular weight is 310 g/mol. The van der Waals surface area contributed by atoms with Crippen molar-refractivity contribution in [1.82, 2.24) is 19.5 Å². The average Bonchev–Trinajstić information content (AvgIpc) is 3.10. The quantitative estimate of drug-likeness (QED) is 0.771. The maximum Gasteiger partial charge on any atom is 0.323 e. The summed E-state index contributed by atoms with van der Waals surface area (Å²) in [6.45, 7) is 0. The largest absolute Gasteiger partial charge is 0.495 e. The van der Waals surface area contributed by atoms with Gasteiger partial charge in [0.2, 0.25) is 5.95 Å². The fourth-order valence-electron chi connectivity index (χ4n) is 1.93. The van der Waals surface area contributed by atoms with E-state index in [1.165, 1.54) is 12.4 Å². The van der Waals surface area contributed by atoms with Crippen LogP contribution in [-0.2, 0) is 0 Å². The van der Waals surface area contributed by atoms with Crippen molar-refractivity contribution < 1.29 is 9.53 Å². The number of hydrogen-bond donors (Lipinski definition) is 2. The molecule has 0 atom stereocenters. The highest BCUT2D eigenvalue weighted by Crippen LogP contribution is 2.23. The Kier molecular flexibility index (Phi) is 4.14. The number of urea groups is 1. The van der Waals surface area contributed by atoms with Crippen LogP contribution in [0.15, 0.2) is 55.4 Å². The Labute approximate surface area is 132 Å². The van der Waals surface area contributed by atoms with Gasteiger partial charge in [0, 0.05) is 12.4 Å². The minimum Gasteiger partial charge on any atom is -0.495 e. The first kappa shape index (κ1) is 14.5. The molecule has 1 aromatic carbocycles. The maximum atomic E-state index is 12.0. The van der Waals surface area contributed by atoms with E-state index < -0.39 is 6.03 Å². The summed E-state index contributed by atoms with van der Waals surface area (Å²) < 4.78 is 6.84. The Morgan fingerprint density at radius 2 is 1.96 bits per heavy atom. The van der Waals surface area contributed by atoms with Crippen LogP contribution in [0.25, 0.3) is 5.95 Å².